The quantitative estimate of drug-likeness (QED) is 0.438. The van der Waals surface area contributed by atoms with E-state index in [0.717, 1.165) is 10.6 Å². The fourth-order valence-electron chi connectivity index (χ4n) is 4.02. The van der Waals surface area contributed by atoms with Crippen LogP contribution in [0, 0.1) is 22.0 Å². The van der Waals surface area contributed by atoms with Gasteiger partial charge in [-0.05, 0) is 36.6 Å². The van der Waals surface area contributed by atoms with Crippen molar-refractivity contribution in [1.29, 1.82) is 0 Å². The van der Waals surface area contributed by atoms with Crippen LogP contribution in [-0.4, -0.2) is 28.9 Å². The molecule has 2 heterocycles. The molecule has 2 amide bonds. The van der Waals surface area contributed by atoms with Crippen LogP contribution in [-0.2, 0) is 14.4 Å². The normalized spacial score (nSPS) is 23.8. The number of anilines is 2. The van der Waals surface area contributed by atoms with Crippen molar-refractivity contribution >= 4 is 28.9 Å². The third-order valence-electron chi connectivity index (χ3n) is 5.28. The molecule has 2 saturated heterocycles. The maximum absolute atomic E-state index is 13.2. The predicted molar refractivity (Wildman–Crippen MR) is 106 cm³/mol. The molecule has 8 nitrogen and oxygen atoms in total. The van der Waals surface area contributed by atoms with E-state index >= 15 is 0 Å². The smallest absolute Gasteiger partial charge is 0.269 e. The zero-order chi connectivity index (χ0) is 20.7. The minimum absolute atomic E-state index is 0.0998. The standard InChI is InChI=1S/C21H21N3O5/c1-13(2)12-17-18-19(29-23(17)15-6-4-3-5-7-15)21(26)22(20(18)25)14-8-10-16(11-9-14)24(27)28/h3-11,13,17-19H,12H2,1-2H3/t17-,18-,19+/m1/s1. The van der Waals surface area contributed by atoms with E-state index in [9.17, 15) is 19.7 Å². The lowest BCUT2D eigenvalue weighted by molar-refractivity contribution is -0.384. The number of hydrogen-bond donors (Lipinski definition) is 0. The van der Waals surface area contributed by atoms with E-state index in [2.05, 4.69) is 13.8 Å². The largest absolute Gasteiger partial charge is 0.273 e. The summed E-state index contributed by atoms with van der Waals surface area (Å²) < 4.78 is 0. The van der Waals surface area contributed by atoms with Gasteiger partial charge >= 0.3 is 0 Å². The Labute approximate surface area is 167 Å². The topological polar surface area (TPSA) is 93.0 Å². The van der Waals surface area contributed by atoms with Crippen LogP contribution in [0.4, 0.5) is 17.1 Å². The van der Waals surface area contributed by atoms with Crippen LogP contribution in [0.5, 0.6) is 0 Å². The number of amides is 2. The Bertz CT molecular complexity index is 945. The first-order chi connectivity index (χ1) is 13.9. The molecule has 0 aliphatic carbocycles. The van der Waals surface area contributed by atoms with Gasteiger partial charge in [-0.25, -0.2) is 9.96 Å². The van der Waals surface area contributed by atoms with Crippen molar-refractivity contribution < 1.29 is 19.3 Å². The summed E-state index contributed by atoms with van der Waals surface area (Å²) in [6, 6.07) is 14.6. The highest BCUT2D eigenvalue weighted by Crippen LogP contribution is 2.42. The molecule has 0 aromatic heterocycles. The molecule has 2 aromatic carbocycles. The fourth-order valence-corrected chi connectivity index (χ4v) is 4.02. The van der Waals surface area contributed by atoms with Gasteiger partial charge in [0.2, 0.25) is 5.91 Å². The van der Waals surface area contributed by atoms with Crippen LogP contribution in [0.15, 0.2) is 54.6 Å². The second-order valence-electron chi connectivity index (χ2n) is 7.70. The number of fused-ring (bicyclic) bond motifs is 1. The zero-order valence-electron chi connectivity index (χ0n) is 16.1. The van der Waals surface area contributed by atoms with E-state index in [1.807, 2.05) is 30.3 Å². The first-order valence-electron chi connectivity index (χ1n) is 9.52. The van der Waals surface area contributed by atoms with Crippen LogP contribution < -0.4 is 9.96 Å². The van der Waals surface area contributed by atoms with Gasteiger partial charge in [-0.3, -0.25) is 24.5 Å². The summed E-state index contributed by atoms with van der Waals surface area (Å²) in [7, 11) is 0. The van der Waals surface area contributed by atoms with E-state index < -0.39 is 22.9 Å². The van der Waals surface area contributed by atoms with E-state index in [0.29, 0.717) is 18.0 Å². The molecule has 0 saturated carbocycles. The Morgan fingerprint density at radius 1 is 1.00 bits per heavy atom. The molecule has 29 heavy (non-hydrogen) atoms. The minimum Gasteiger partial charge on any atom is -0.273 e. The minimum atomic E-state index is -0.901. The molecule has 2 aliphatic heterocycles. The maximum Gasteiger partial charge on any atom is 0.269 e. The molecule has 0 spiro atoms. The van der Waals surface area contributed by atoms with Crippen molar-refractivity contribution in [3.8, 4) is 0 Å². The Hall–Kier alpha value is -3.26. The van der Waals surface area contributed by atoms with Crippen molar-refractivity contribution in [3.05, 3.63) is 64.7 Å². The maximum atomic E-state index is 13.2. The predicted octanol–water partition coefficient (Wildman–Crippen LogP) is 3.32. The summed E-state index contributed by atoms with van der Waals surface area (Å²) in [6.45, 7) is 4.12. The molecule has 0 N–H and O–H groups in total. The van der Waals surface area contributed by atoms with Gasteiger partial charge in [0.15, 0.2) is 6.10 Å². The van der Waals surface area contributed by atoms with Crippen molar-refractivity contribution in [2.75, 3.05) is 9.96 Å². The molecular formula is C21H21N3O5. The van der Waals surface area contributed by atoms with E-state index in [-0.39, 0.29) is 17.6 Å². The summed E-state index contributed by atoms with van der Waals surface area (Å²) in [5.41, 5.74) is 1.02. The summed E-state index contributed by atoms with van der Waals surface area (Å²) in [4.78, 5) is 43.7. The van der Waals surface area contributed by atoms with E-state index in [1.165, 1.54) is 24.3 Å². The Kier molecular flexibility index (Phi) is 4.79. The summed E-state index contributed by atoms with van der Waals surface area (Å²) in [5, 5.41) is 12.6. The van der Waals surface area contributed by atoms with Crippen molar-refractivity contribution in [3.63, 3.8) is 0 Å². The van der Waals surface area contributed by atoms with Crippen molar-refractivity contribution in [2.24, 2.45) is 11.8 Å². The molecule has 0 radical (unpaired) electrons. The van der Waals surface area contributed by atoms with Crippen molar-refractivity contribution in [1.82, 2.24) is 0 Å². The number of nitro benzene ring substituents is 1. The fraction of sp³-hybridized carbons (Fsp3) is 0.333. The summed E-state index contributed by atoms with van der Waals surface area (Å²) in [5.74, 6) is -1.11. The van der Waals surface area contributed by atoms with Crippen LogP contribution in [0.3, 0.4) is 0 Å². The van der Waals surface area contributed by atoms with Gasteiger partial charge in [-0.15, -0.1) is 0 Å². The van der Waals surface area contributed by atoms with E-state index in [1.54, 1.807) is 5.06 Å². The SMILES string of the molecule is CC(C)C[C@@H]1[C@H]2C(=O)N(c3ccc([N+](=O)[O-])cc3)C(=O)[C@H]2ON1c1ccccc1. The third kappa shape index (κ3) is 3.25. The van der Waals surface area contributed by atoms with Gasteiger partial charge in [-0.1, -0.05) is 32.0 Å². The lowest BCUT2D eigenvalue weighted by Gasteiger charge is -2.29. The van der Waals surface area contributed by atoms with Crippen LogP contribution in [0.25, 0.3) is 0 Å². The Morgan fingerprint density at radius 3 is 2.24 bits per heavy atom. The van der Waals surface area contributed by atoms with Gasteiger partial charge in [0.1, 0.15) is 0 Å². The van der Waals surface area contributed by atoms with Gasteiger partial charge in [0.05, 0.1) is 28.3 Å². The number of non-ortho nitro benzene ring substituents is 1. The number of carbonyl (C=O) groups excluding carboxylic acids is 2. The number of nitrogens with zero attached hydrogens (tertiary/aromatic N) is 3. The number of hydrogen-bond acceptors (Lipinski definition) is 6. The molecule has 150 valence electrons. The molecule has 4 rings (SSSR count). The lowest BCUT2D eigenvalue weighted by Crippen LogP contribution is -2.41. The number of carbonyl (C=O) groups is 2. The zero-order valence-corrected chi connectivity index (χ0v) is 16.1. The van der Waals surface area contributed by atoms with Crippen LogP contribution >= 0.6 is 0 Å². The first kappa shape index (κ1) is 19.1. The molecular weight excluding hydrogens is 374 g/mol. The Balaban J connectivity index is 1.66. The highest BCUT2D eigenvalue weighted by Gasteiger charge is 2.59. The lowest BCUT2D eigenvalue weighted by atomic mass is 9.90. The van der Waals surface area contributed by atoms with Crippen LogP contribution in [0.1, 0.15) is 20.3 Å². The summed E-state index contributed by atoms with van der Waals surface area (Å²) >= 11 is 0. The molecule has 2 aromatic rings. The highest BCUT2D eigenvalue weighted by atomic mass is 16.7. The molecule has 2 aliphatic rings. The van der Waals surface area contributed by atoms with E-state index in [4.69, 9.17) is 4.84 Å². The highest BCUT2D eigenvalue weighted by molar-refractivity contribution is 6.23. The monoisotopic (exact) mass is 395 g/mol. The number of imide groups is 1. The average molecular weight is 395 g/mol. The number of benzene rings is 2. The van der Waals surface area contributed by atoms with Gasteiger partial charge in [0, 0.05) is 12.1 Å². The number of hydroxylamine groups is 1. The molecule has 8 heteroatoms. The second kappa shape index (κ2) is 7.29. The Morgan fingerprint density at radius 2 is 1.66 bits per heavy atom. The van der Waals surface area contributed by atoms with Gasteiger partial charge in [0.25, 0.3) is 11.6 Å². The number of nitro groups is 1. The number of para-hydroxylation sites is 1. The average Bonchev–Trinajstić information content (AvgIpc) is 3.18. The molecule has 3 atom stereocenters. The van der Waals surface area contributed by atoms with Crippen LogP contribution in [0.2, 0.25) is 0 Å². The molecule has 0 unspecified atom stereocenters. The first-order valence-corrected chi connectivity index (χ1v) is 9.52. The third-order valence-corrected chi connectivity index (χ3v) is 5.28. The van der Waals surface area contributed by atoms with Crippen molar-refractivity contribution in [2.45, 2.75) is 32.4 Å². The second-order valence-corrected chi connectivity index (χ2v) is 7.70. The van der Waals surface area contributed by atoms with Gasteiger partial charge < -0.3 is 0 Å². The molecule has 2 fully saturated rings. The van der Waals surface area contributed by atoms with Gasteiger partial charge in [-0.2, -0.15) is 0 Å². The molecule has 0 bridgehead atoms. The number of rotatable bonds is 5. The summed E-state index contributed by atoms with van der Waals surface area (Å²) in [6.07, 6.45) is -0.218.